The Kier molecular flexibility index (Phi) is 2.19. The fourth-order valence-corrected chi connectivity index (χ4v) is 1.28. The van der Waals surface area contributed by atoms with Crippen LogP contribution in [0.15, 0.2) is 47.9 Å². The number of oxazole rings is 1. The maximum absolute atomic E-state index is 5.19. The maximum Gasteiger partial charge on any atom is 0.181 e. The van der Waals surface area contributed by atoms with Crippen LogP contribution in [0, 0.1) is 0 Å². The monoisotopic (exact) mass is 185 g/mol. The van der Waals surface area contributed by atoms with Gasteiger partial charge in [0.2, 0.25) is 0 Å². The van der Waals surface area contributed by atoms with Gasteiger partial charge in [0.1, 0.15) is 0 Å². The molecule has 14 heavy (non-hydrogen) atoms. The first-order chi connectivity index (χ1) is 6.77. The van der Waals surface area contributed by atoms with Gasteiger partial charge < -0.3 is 4.42 Å². The zero-order valence-corrected chi connectivity index (χ0v) is 8.03. The minimum absolute atomic E-state index is 0.790. The predicted molar refractivity (Wildman–Crippen MR) is 56.6 cm³/mol. The Bertz CT molecular complexity index is 426. The van der Waals surface area contributed by atoms with Crippen molar-refractivity contribution in [2.45, 2.75) is 6.92 Å². The number of nitrogens with zero attached hydrogens (tertiary/aromatic N) is 1. The van der Waals surface area contributed by atoms with E-state index in [0.717, 1.165) is 22.5 Å². The normalized spacial score (nSPS) is 10.1. The third kappa shape index (κ3) is 1.59. The summed E-state index contributed by atoms with van der Waals surface area (Å²) in [5, 5.41) is 0. The van der Waals surface area contributed by atoms with Gasteiger partial charge in [-0.25, -0.2) is 4.98 Å². The first kappa shape index (κ1) is 8.75. The van der Waals surface area contributed by atoms with Gasteiger partial charge in [0, 0.05) is 5.56 Å². The van der Waals surface area contributed by atoms with Crippen LogP contribution in [0.4, 0.5) is 0 Å². The van der Waals surface area contributed by atoms with Crippen LogP contribution in [-0.2, 0) is 0 Å². The van der Waals surface area contributed by atoms with Gasteiger partial charge in [0.25, 0.3) is 0 Å². The van der Waals surface area contributed by atoms with Crippen molar-refractivity contribution in [3.63, 3.8) is 0 Å². The summed E-state index contributed by atoms with van der Waals surface area (Å²) in [6.07, 6.45) is 3.14. The molecule has 70 valence electrons. The third-order valence-corrected chi connectivity index (χ3v) is 2.09. The van der Waals surface area contributed by atoms with Gasteiger partial charge in [-0.1, -0.05) is 36.4 Å². The molecule has 0 amide bonds. The Morgan fingerprint density at radius 3 is 2.50 bits per heavy atom. The molecule has 1 aromatic heterocycles. The fraction of sp³-hybridized carbons (Fsp3) is 0.0833. The average molecular weight is 185 g/mol. The standard InChI is InChI=1S/C12H11NO/c1-9(2)10-3-5-11(6-4-10)12-7-13-8-14-12/h3-8H,1H2,2H3. The molecule has 1 heterocycles. The molecule has 0 fully saturated rings. The SMILES string of the molecule is C=C(C)c1ccc(-c2cnco2)cc1. The molecule has 0 N–H and O–H groups in total. The predicted octanol–water partition coefficient (Wildman–Crippen LogP) is 3.37. The molecule has 2 nitrogen and oxygen atoms in total. The number of rotatable bonds is 2. The zero-order valence-electron chi connectivity index (χ0n) is 8.03. The largest absolute Gasteiger partial charge is 0.444 e. The molecule has 0 atom stereocenters. The second kappa shape index (κ2) is 3.50. The smallest absolute Gasteiger partial charge is 0.181 e. The molecule has 1 aromatic carbocycles. The van der Waals surface area contributed by atoms with E-state index in [1.165, 1.54) is 6.39 Å². The lowest BCUT2D eigenvalue weighted by atomic mass is 10.1. The lowest BCUT2D eigenvalue weighted by Crippen LogP contribution is -1.78. The fourth-order valence-electron chi connectivity index (χ4n) is 1.28. The van der Waals surface area contributed by atoms with Crippen LogP contribution >= 0.6 is 0 Å². The Hall–Kier alpha value is -1.83. The van der Waals surface area contributed by atoms with Gasteiger partial charge in [-0.3, -0.25) is 0 Å². The van der Waals surface area contributed by atoms with Crippen LogP contribution in [0.2, 0.25) is 0 Å². The van der Waals surface area contributed by atoms with E-state index in [2.05, 4.69) is 11.6 Å². The Morgan fingerprint density at radius 1 is 1.29 bits per heavy atom. The van der Waals surface area contributed by atoms with Gasteiger partial charge in [-0.05, 0) is 12.5 Å². The highest BCUT2D eigenvalue weighted by Gasteiger charge is 2.00. The molecule has 2 aromatic rings. The van der Waals surface area contributed by atoms with E-state index in [0.29, 0.717) is 0 Å². The number of benzene rings is 1. The molecular weight excluding hydrogens is 174 g/mol. The van der Waals surface area contributed by atoms with Crippen molar-refractivity contribution in [1.29, 1.82) is 0 Å². The highest BCUT2D eigenvalue weighted by Crippen LogP contribution is 2.20. The van der Waals surface area contributed by atoms with E-state index in [4.69, 9.17) is 4.42 Å². The summed E-state index contributed by atoms with van der Waals surface area (Å²) in [6.45, 7) is 5.87. The molecule has 0 saturated heterocycles. The van der Waals surface area contributed by atoms with Crippen LogP contribution in [0.1, 0.15) is 12.5 Å². The average Bonchev–Trinajstić information content (AvgIpc) is 2.71. The topological polar surface area (TPSA) is 26.0 Å². The summed E-state index contributed by atoms with van der Waals surface area (Å²) in [5.74, 6) is 0.790. The van der Waals surface area contributed by atoms with Crippen LogP contribution in [0.5, 0.6) is 0 Å². The van der Waals surface area contributed by atoms with E-state index in [9.17, 15) is 0 Å². The van der Waals surface area contributed by atoms with E-state index >= 15 is 0 Å². The second-order valence-electron chi connectivity index (χ2n) is 3.22. The highest BCUT2D eigenvalue weighted by molar-refractivity contribution is 5.65. The van der Waals surface area contributed by atoms with Crippen LogP contribution in [-0.4, -0.2) is 4.98 Å². The van der Waals surface area contributed by atoms with E-state index in [-0.39, 0.29) is 0 Å². The molecule has 0 bridgehead atoms. The minimum atomic E-state index is 0.790. The van der Waals surface area contributed by atoms with E-state index in [1.807, 2.05) is 31.2 Å². The molecule has 0 aliphatic rings. The van der Waals surface area contributed by atoms with E-state index < -0.39 is 0 Å². The van der Waals surface area contributed by atoms with Gasteiger partial charge in [-0.2, -0.15) is 0 Å². The summed E-state index contributed by atoms with van der Waals surface area (Å²) in [4.78, 5) is 3.87. The van der Waals surface area contributed by atoms with Crippen molar-refractivity contribution >= 4 is 5.57 Å². The van der Waals surface area contributed by atoms with Crippen molar-refractivity contribution in [2.75, 3.05) is 0 Å². The maximum atomic E-state index is 5.19. The summed E-state index contributed by atoms with van der Waals surface area (Å²) < 4.78 is 5.19. The molecule has 0 saturated carbocycles. The lowest BCUT2D eigenvalue weighted by Gasteiger charge is -2.00. The van der Waals surface area contributed by atoms with Crippen LogP contribution < -0.4 is 0 Å². The van der Waals surface area contributed by atoms with Crippen molar-refractivity contribution in [3.05, 3.63) is 49.0 Å². The van der Waals surface area contributed by atoms with Crippen molar-refractivity contribution in [3.8, 4) is 11.3 Å². The molecular formula is C12H11NO. The van der Waals surface area contributed by atoms with Crippen LogP contribution in [0.3, 0.4) is 0 Å². The summed E-state index contributed by atoms with van der Waals surface area (Å²) in [7, 11) is 0. The Morgan fingerprint density at radius 2 is 2.00 bits per heavy atom. The van der Waals surface area contributed by atoms with Crippen molar-refractivity contribution < 1.29 is 4.42 Å². The summed E-state index contributed by atoms with van der Waals surface area (Å²) in [5.41, 5.74) is 3.25. The van der Waals surface area contributed by atoms with Crippen LogP contribution in [0.25, 0.3) is 16.9 Å². The van der Waals surface area contributed by atoms with Gasteiger partial charge >= 0.3 is 0 Å². The molecule has 2 heteroatoms. The molecule has 0 unspecified atom stereocenters. The third-order valence-electron chi connectivity index (χ3n) is 2.09. The van der Waals surface area contributed by atoms with Crippen molar-refractivity contribution in [1.82, 2.24) is 4.98 Å². The number of allylic oxidation sites excluding steroid dienone is 1. The first-order valence-electron chi connectivity index (χ1n) is 4.42. The first-order valence-corrected chi connectivity index (χ1v) is 4.42. The molecule has 0 spiro atoms. The molecule has 2 rings (SSSR count). The molecule has 0 aliphatic carbocycles. The molecule has 0 aliphatic heterocycles. The Balaban J connectivity index is 2.36. The lowest BCUT2D eigenvalue weighted by molar-refractivity contribution is 0.572. The summed E-state index contributed by atoms with van der Waals surface area (Å²) in [6, 6.07) is 8.06. The highest BCUT2D eigenvalue weighted by atomic mass is 16.3. The summed E-state index contributed by atoms with van der Waals surface area (Å²) >= 11 is 0. The van der Waals surface area contributed by atoms with Gasteiger partial charge in [0.15, 0.2) is 12.2 Å². The Labute approximate surface area is 82.9 Å². The quantitative estimate of drug-likeness (QED) is 0.716. The van der Waals surface area contributed by atoms with Crippen molar-refractivity contribution in [2.24, 2.45) is 0 Å². The van der Waals surface area contributed by atoms with Gasteiger partial charge in [0.05, 0.1) is 6.20 Å². The number of hydrogen-bond donors (Lipinski definition) is 0. The number of aromatic nitrogens is 1. The molecule has 0 radical (unpaired) electrons. The minimum Gasteiger partial charge on any atom is -0.444 e. The van der Waals surface area contributed by atoms with Gasteiger partial charge in [-0.15, -0.1) is 0 Å². The van der Waals surface area contributed by atoms with E-state index in [1.54, 1.807) is 6.20 Å². The zero-order chi connectivity index (χ0) is 9.97. The number of hydrogen-bond acceptors (Lipinski definition) is 2. The second-order valence-corrected chi connectivity index (χ2v) is 3.22.